The van der Waals surface area contributed by atoms with E-state index in [0.717, 1.165) is 0 Å². The van der Waals surface area contributed by atoms with Gasteiger partial charge in [-0.05, 0) is 0 Å². The van der Waals surface area contributed by atoms with Gasteiger partial charge in [-0.3, -0.25) is 0 Å². The van der Waals surface area contributed by atoms with Crippen molar-refractivity contribution in [3.8, 4) is 0 Å². The van der Waals surface area contributed by atoms with Crippen molar-refractivity contribution in [2.75, 3.05) is 0 Å². The molecule has 0 unspecified atom stereocenters. The van der Waals surface area contributed by atoms with Crippen LogP contribution in [-0.4, -0.2) is 0 Å². The molecular weight excluding hydrogens is 503 g/mol. The summed E-state index contributed by atoms with van der Waals surface area (Å²) >= 11 is -1.13. The van der Waals surface area contributed by atoms with Crippen molar-refractivity contribution in [2.24, 2.45) is 5.41 Å². The van der Waals surface area contributed by atoms with E-state index < -0.39 is 22.9 Å². The maximum atomic E-state index is 2.55. The van der Waals surface area contributed by atoms with Crippen LogP contribution in [0.25, 0.3) is 16.3 Å². The molecule has 2 aliphatic rings. The quantitative estimate of drug-likeness (QED) is 0.341. The molecule has 2 aromatic carbocycles. The van der Waals surface area contributed by atoms with E-state index in [9.17, 15) is 0 Å². The van der Waals surface area contributed by atoms with Crippen LogP contribution >= 0.6 is 0 Å². The number of hydrogen-bond donors (Lipinski definition) is 0. The van der Waals surface area contributed by atoms with Crippen LogP contribution in [0.15, 0.2) is 62.0 Å². The number of fused-ring (bicyclic) bond motifs is 3. The monoisotopic (exact) mass is 536 g/mol. The average Bonchev–Trinajstić information content (AvgIpc) is 3.09. The molecule has 0 fully saturated rings. The zero-order chi connectivity index (χ0) is 20.4. The summed E-state index contributed by atoms with van der Waals surface area (Å²) in [4.78, 5) is 0. The second kappa shape index (κ2) is 6.66. The fraction of sp³-hybridized carbons (Fsp3) is 0.407. The molecule has 0 atom stereocenters. The Hall–Kier alpha value is -1.21. The third kappa shape index (κ3) is 2.88. The second-order valence-electron chi connectivity index (χ2n) is 9.85. The summed E-state index contributed by atoms with van der Waals surface area (Å²) in [6, 6.07) is 13.7. The van der Waals surface area contributed by atoms with Gasteiger partial charge in [-0.2, -0.15) is 0 Å². The first-order valence-corrected chi connectivity index (χ1v) is 14.0. The van der Waals surface area contributed by atoms with Crippen molar-refractivity contribution in [1.82, 2.24) is 0 Å². The summed E-state index contributed by atoms with van der Waals surface area (Å²) in [6.45, 7) is 19.3. The predicted molar refractivity (Wildman–Crippen MR) is 119 cm³/mol. The van der Waals surface area contributed by atoms with Crippen molar-refractivity contribution in [3.05, 3.63) is 73.1 Å². The third-order valence-electron chi connectivity index (χ3n) is 7.27. The van der Waals surface area contributed by atoms with Crippen molar-refractivity contribution in [3.63, 3.8) is 0 Å². The standard InChI is InChI=1S/C17H17.C10H15.Hf/c1-17(2,3)15-11-10-13-9-8-12-6-4-5-7-14(12)16(13)15;1-6-7(2)9(4)10(5)8(6)3;/h4-9H,10H2,1-3H3;1-5H3;. The summed E-state index contributed by atoms with van der Waals surface area (Å²) in [6.07, 6.45) is 1.18. The van der Waals surface area contributed by atoms with Crippen molar-refractivity contribution in [1.29, 1.82) is 0 Å². The molecule has 2 aliphatic carbocycles. The Kier molecular flexibility index (Phi) is 4.77. The molecule has 0 N–H and O–H groups in total. The molecule has 2 aromatic rings. The van der Waals surface area contributed by atoms with Gasteiger partial charge in [0.2, 0.25) is 0 Å². The summed E-state index contributed by atoms with van der Waals surface area (Å²) < 4.78 is 2.18. The maximum absolute atomic E-state index is 2.55. The number of benzene rings is 2. The van der Waals surface area contributed by atoms with E-state index in [2.05, 4.69) is 91.8 Å². The number of hydrogen-bond acceptors (Lipinski definition) is 0. The second-order valence-corrected chi connectivity index (χ2v) is 16.5. The van der Waals surface area contributed by atoms with Crippen LogP contribution in [0.3, 0.4) is 0 Å². The molecule has 4 rings (SSSR count). The average molecular weight is 535 g/mol. The molecule has 0 amide bonds. The van der Waals surface area contributed by atoms with Crippen LogP contribution in [0.1, 0.15) is 66.5 Å². The molecule has 0 radical (unpaired) electrons. The molecule has 0 aliphatic heterocycles. The first-order valence-electron chi connectivity index (χ1n) is 10.4. The zero-order valence-corrected chi connectivity index (χ0v) is 22.3. The molecule has 0 heterocycles. The Balaban J connectivity index is 1.92. The van der Waals surface area contributed by atoms with Crippen molar-refractivity contribution < 1.29 is 22.9 Å². The van der Waals surface area contributed by atoms with E-state index >= 15 is 0 Å². The fourth-order valence-electron chi connectivity index (χ4n) is 5.21. The summed E-state index contributed by atoms with van der Waals surface area (Å²) in [7, 11) is 0. The van der Waals surface area contributed by atoms with Gasteiger partial charge >= 0.3 is 183 Å². The Bertz CT molecular complexity index is 1060. The number of rotatable bonds is 2. The molecule has 0 spiro atoms. The molecule has 0 nitrogen and oxygen atoms in total. The van der Waals surface area contributed by atoms with Gasteiger partial charge in [-0.25, -0.2) is 0 Å². The van der Waals surface area contributed by atoms with Crippen LogP contribution < -0.4 is 0 Å². The summed E-state index contributed by atoms with van der Waals surface area (Å²) in [5, 5.41) is 2.83. The van der Waals surface area contributed by atoms with Gasteiger partial charge in [0.15, 0.2) is 0 Å². The van der Waals surface area contributed by atoms with E-state index in [0.29, 0.717) is 3.17 Å². The molecular formula is C27H32Hf. The first-order chi connectivity index (χ1) is 13.1. The van der Waals surface area contributed by atoms with E-state index in [1.807, 2.05) is 3.33 Å². The third-order valence-corrected chi connectivity index (χ3v) is 14.4. The van der Waals surface area contributed by atoms with Gasteiger partial charge < -0.3 is 0 Å². The SMILES string of the molecule is CC1=C(C)[C](C)([Hf][C]2=C(C(C)(C)C)c3c(ccc4ccccc34)C2)C(C)=C1C. The van der Waals surface area contributed by atoms with Crippen LogP contribution in [0, 0.1) is 5.41 Å². The Labute approximate surface area is 182 Å². The van der Waals surface area contributed by atoms with Crippen LogP contribution in [-0.2, 0) is 29.3 Å². The van der Waals surface area contributed by atoms with Gasteiger partial charge in [-0.1, -0.05) is 0 Å². The van der Waals surface area contributed by atoms with Crippen molar-refractivity contribution in [2.45, 2.75) is 65.0 Å². The van der Waals surface area contributed by atoms with E-state index in [1.165, 1.54) is 17.2 Å². The van der Waals surface area contributed by atoms with Gasteiger partial charge in [0, 0.05) is 0 Å². The number of allylic oxidation sites excluding steroid dienone is 6. The minimum absolute atomic E-state index is 0.187. The Morgan fingerprint density at radius 1 is 0.857 bits per heavy atom. The topological polar surface area (TPSA) is 0 Å². The summed E-state index contributed by atoms with van der Waals surface area (Å²) in [5.74, 6) is 0. The van der Waals surface area contributed by atoms with E-state index in [4.69, 9.17) is 0 Å². The van der Waals surface area contributed by atoms with Gasteiger partial charge in [-0.15, -0.1) is 0 Å². The van der Waals surface area contributed by atoms with Gasteiger partial charge in [0.25, 0.3) is 0 Å². The molecule has 1 heteroatoms. The minimum atomic E-state index is -1.13. The van der Waals surface area contributed by atoms with Crippen LogP contribution in [0.5, 0.6) is 0 Å². The molecule has 28 heavy (non-hydrogen) atoms. The molecule has 0 saturated carbocycles. The van der Waals surface area contributed by atoms with E-state index in [1.54, 1.807) is 39.0 Å². The van der Waals surface area contributed by atoms with E-state index in [-0.39, 0.29) is 5.41 Å². The predicted octanol–water partition coefficient (Wildman–Crippen LogP) is 8.10. The molecule has 0 aromatic heterocycles. The van der Waals surface area contributed by atoms with Gasteiger partial charge in [0.05, 0.1) is 0 Å². The van der Waals surface area contributed by atoms with Crippen molar-refractivity contribution >= 4 is 16.3 Å². The zero-order valence-electron chi connectivity index (χ0n) is 18.7. The molecule has 0 bridgehead atoms. The summed E-state index contributed by atoms with van der Waals surface area (Å²) in [5.41, 5.74) is 11.4. The Morgan fingerprint density at radius 3 is 2.07 bits per heavy atom. The van der Waals surface area contributed by atoms with Crippen LogP contribution in [0.2, 0.25) is 3.17 Å². The molecule has 0 saturated heterocycles. The fourth-order valence-corrected chi connectivity index (χ4v) is 13.3. The normalized spacial score (nSPS) is 19.1. The van der Waals surface area contributed by atoms with Crippen LogP contribution in [0.4, 0.5) is 0 Å². The first kappa shape index (κ1) is 20.1. The molecule has 144 valence electrons. The van der Waals surface area contributed by atoms with Gasteiger partial charge in [0.1, 0.15) is 0 Å². The Morgan fingerprint density at radius 2 is 1.46 bits per heavy atom.